The lowest BCUT2D eigenvalue weighted by molar-refractivity contribution is 0.224. The van der Waals surface area contributed by atoms with Crippen LogP contribution < -0.4 is 4.90 Å². The van der Waals surface area contributed by atoms with E-state index in [-0.39, 0.29) is 6.03 Å². The summed E-state index contributed by atoms with van der Waals surface area (Å²) in [4.78, 5) is 19.5. The first kappa shape index (κ1) is 9.96. The molecule has 1 aromatic heterocycles. The molecule has 0 radical (unpaired) electrons. The lowest BCUT2D eigenvalue weighted by Crippen LogP contribution is -2.38. The van der Waals surface area contributed by atoms with Gasteiger partial charge in [0.2, 0.25) is 0 Å². The topological polar surface area (TPSA) is 36.4 Å². The van der Waals surface area contributed by atoms with Crippen LogP contribution in [0.1, 0.15) is 11.3 Å². The molecule has 4 nitrogen and oxygen atoms in total. The number of carbonyl (C=O) groups excluding carboxylic acids is 1. The van der Waals surface area contributed by atoms with Crippen molar-refractivity contribution in [3.63, 3.8) is 0 Å². The van der Waals surface area contributed by atoms with Crippen molar-refractivity contribution in [1.82, 2.24) is 9.88 Å². The Bertz CT molecular complexity index is 401. The number of pyridine rings is 1. The maximum atomic E-state index is 11.9. The van der Waals surface area contributed by atoms with Crippen LogP contribution in [0.15, 0.2) is 12.3 Å². The molecule has 0 aliphatic carbocycles. The predicted molar refractivity (Wildman–Crippen MR) is 59.1 cm³/mol. The molecular weight excluding hydrogens is 190 g/mol. The summed E-state index contributed by atoms with van der Waals surface area (Å²) in [5, 5.41) is 0. The summed E-state index contributed by atoms with van der Waals surface area (Å²) in [6, 6.07) is 1.95. The lowest BCUT2D eigenvalue weighted by Gasteiger charge is -2.21. The minimum absolute atomic E-state index is 0.0411. The monoisotopic (exact) mass is 205 g/mol. The van der Waals surface area contributed by atoms with E-state index in [1.807, 2.05) is 17.9 Å². The number of nitrogens with zero attached hydrogens (tertiary/aromatic N) is 3. The molecule has 1 aromatic rings. The lowest BCUT2D eigenvalue weighted by atomic mass is 10.1. The van der Waals surface area contributed by atoms with Crippen LogP contribution in [0.3, 0.4) is 0 Å². The van der Waals surface area contributed by atoms with E-state index in [9.17, 15) is 4.79 Å². The quantitative estimate of drug-likeness (QED) is 0.642. The number of carbonyl (C=O) groups is 1. The minimum Gasteiger partial charge on any atom is -0.330 e. The molecule has 0 saturated carbocycles. The zero-order valence-electron chi connectivity index (χ0n) is 9.32. The molecule has 2 rings (SSSR count). The number of fused-ring (bicyclic) bond motifs is 1. The highest BCUT2D eigenvalue weighted by Gasteiger charge is 2.26. The molecule has 0 aromatic carbocycles. The number of hydrogen-bond acceptors (Lipinski definition) is 2. The molecule has 1 aliphatic rings. The molecule has 0 bridgehead atoms. The summed E-state index contributed by atoms with van der Waals surface area (Å²) >= 11 is 0. The van der Waals surface area contributed by atoms with Gasteiger partial charge in [0.25, 0.3) is 0 Å². The van der Waals surface area contributed by atoms with Gasteiger partial charge in [0.15, 0.2) is 0 Å². The summed E-state index contributed by atoms with van der Waals surface area (Å²) in [6.07, 6.45) is 2.67. The van der Waals surface area contributed by atoms with E-state index in [1.165, 1.54) is 5.56 Å². The van der Waals surface area contributed by atoms with Crippen molar-refractivity contribution in [2.45, 2.75) is 13.3 Å². The smallest absolute Gasteiger partial charge is 0.323 e. The van der Waals surface area contributed by atoms with Gasteiger partial charge in [0.1, 0.15) is 0 Å². The van der Waals surface area contributed by atoms with Crippen LogP contribution in [0.2, 0.25) is 0 Å². The van der Waals surface area contributed by atoms with Gasteiger partial charge in [-0.05, 0) is 25.0 Å². The van der Waals surface area contributed by atoms with Gasteiger partial charge in [-0.2, -0.15) is 0 Å². The van der Waals surface area contributed by atoms with Gasteiger partial charge in [0.05, 0.1) is 5.69 Å². The zero-order valence-corrected chi connectivity index (χ0v) is 9.32. The highest BCUT2D eigenvalue weighted by Crippen LogP contribution is 2.29. The highest BCUT2D eigenvalue weighted by molar-refractivity contribution is 5.94. The molecule has 1 aliphatic heterocycles. The molecule has 2 heterocycles. The van der Waals surface area contributed by atoms with Crippen molar-refractivity contribution in [2.24, 2.45) is 0 Å². The van der Waals surface area contributed by atoms with E-state index in [1.54, 1.807) is 25.2 Å². The summed E-state index contributed by atoms with van der Waals surface area (Å²) < 4.78 is 0. The molecule has 80 valence electrons. The summed E-state index contributed by atoms with van der Waals surface area (Å²) in [6.45, 7) is 2.75. The third kappa shape index (κ3) is 1.56. The predicted octanol–water partition coefficient (Wildman–Crippen LogP) is 1.43. The fourth-order valence-corrected chi connectivity index (χ4v) is 1.93. The van der Waals surface area contributed by atoms with E-state index < -0.39 is 0 Å². The van der Waals surface area contributed by atoms with E-state index in [0.29, 0.717) is 0 Å². The van der Waals surface area contributed by atoms with Crippen molar-refractivity contribution < 1.29 is 4.79 Å². The minimum atomic E-state index is 0.0411. The molecule has 2 amide bonds. The Labute approximate surface area is 89.5 Å². The Hall–Kier alpha value is -1.58. The Kier molecular flexibility index (Phi) is 2.34. The van der Waals surface area contributed by atoms with Gasteiger partial charge in [-0.3, -0.25) is 9.88 Å². The van der Waals surface area contributed by atoms with Crippen molar-refractivity contribution in [3.8, 4) is 0 Å². The molecule has 0 spiro atoms. The first-order valence-electron chi connectivity index (χ1n) is 5.04. The molecule has 0 N–H and O–H groups in total. The number of hydrogen-bond donors (Lipinski definition) is 0. The van der Waals surface area contributed by atoms with Crippen LogP contribution in [0.4, 0.5) is 10.5 Å². The summed E-state index contributed by atoms with van der Waals surface area (Å²) in [7, 11) is 3.54. The van der Waals surface area contributed by atoms with Gasteiger partial charge in [-0.15, -0.1) is 0 Å². The van der Waals surface area contributed by atoms with Gasteiger partial charge >= 0.3 is 6.03 Å². The molecule has 4 heteroatoms. The standard InChI is InChI=1S/C11H15N3O/c1-8-9-5-7-14(11(15)13(2)3)10(9)4-6-12-8/h4,6H,5,7H2,1-3H3. The van der Waals surface area contributed by atoms with Crippen molar-refractivity contribution in [2.75, 3.05) is 25.5 Å². The largest absolute Gasteiger partial charge is 0.330 e. The molecule has 15 heavy (non-hydrogen) atoms. The second-order valence-corrected chi connectivity index (χ2v) is 3.97. The molecule has 0 fully saturated rings. The van der Waals surface area contributed by atoms with E-state index in [4.69, 9.17) is 0 Å². The third-order valence-electron chi connectivity index (χ3n) is 2.74. The fourth-order valence-electron chi connectivity index (χ4n) is 1.93. The van der Waals surface area contributed by atoms with Crippen LogP contribution in [-0.2, 0) is 6.42 Å². The van der Waals surface area contributed by atoms with E-state index >= 15 is 0 Å². The van der Waals surface area contributed by atoms with Crippen LogP contribution in [0, 0.1) is 6.92 Å². The SMILES string of the molecule is Cc1nccc2c1CCN2C(=O)N(C)C. The zero-order chi connectivity index (χ0) is 11.0. The second-order valence-electron chi connectivity index (χ2n) is 3.97. The molecular formula is C11H15N3O. The van der Waals surface area contributed by atoms with Crippen LogP contribution in [0.5, 0.6) is 0 Å². The fraction of sp³-hybridized carbons (Fsp3) is 0.455. The summed E-state index contributed by atoms with van der Waals surface area (Å²) in [5.74, 6) is 0. The van der Waals surface area contributed by atoms with Crippen molar-refractivity contribution in [1.29, 1.82) is 0 Å². The number of urea groups is 1. The second kappa shape index (κ2) is 3.53. The van der Waals surface area contributed by atoms with Crippen LogP contribution in [-0.4, -0.2) is 36.6 Å². The normalized spacial score (nSPS) is 13.9. The highest BCUT2D eigenvalue weighted by atomic mass is 16.2. The number of aryl methyl sites for hydroxylation is 1. The van der Waals surface area contributed by atoms with Crippen LogP contribution >= 0.6 is 0 Å². The van der Waals surface area contributed by atoms with Crippen LogP contribution in [0.25, 0.3) is 0 Å². The number of anilines is 1. The Morgan fingerprint density at radius 2 is 2.27 bits per heavy atom. The first-order chi connectivity index (χ1) is 7.11. The van der Waals surface area contributed by atoms with Crippen molar-refractivity contribution in [3.05, 3.63) is 23.5 Å². The van der Waals surface area contributed by atoms with Gasteiger partial charge in [-0.1, -0.05) is 0 Å². The molecule has 0 saturated heterocycles. The summed E-state index contributed by atoms with van der Waals surface area (Å²) in [5.41, 5.74) is 3.25. The van der Waals surface area contributed by atoms with E-state index in [0.717, 1.165) is 24.3 Å². The van der Waals surface area contributed by atoms with Gasteiger partial charge in [-0.25, -0.2) is 4.79 Å². The van der Waals surface area contributed by atoms with Gasteiger partial charge in [0, 0.05) is 32.5 Å². The van der Waals surface area contributed by atoms with E-state index in [2.05, 4.69) is 4.98 Å². The molecule has 0 atom stereocenters. The number of rotatable bonds is 0. The number of aromatic nitrogens is 1. The van der Waals surface area contributed by atoms with Gasteiger partial charge < -0.3 is 4.90 Å². The van der Waals surface area contributed by atoms with Crippen molar-refractivity contribution >= 4 is 11.7 Å². The first-order valence-corrected chi connectivity index (χ1v) is 5.04. The average molecular weight is 205 g/mol. The Morgan fingerprint density at radius 3 is 2.93 bits per heavy atom. The Balaban J connectivity index is 2.37. The average Bonchev–Trinajstić information content (AvgIpc) is 2.61. The Morgan fingerprint density at radius 1 is 1.53 bits per heavy atom. The third-order valence-corrected chi connectivity index (χ3v) is 2.74. The number of amides is 2. The maximum Gasteiger partial charge on any atom is 0.323 e. The maximum absolute atomic E-state index is 11.9. The molecule has 0 unspecified atom stereocenters.